The Bertz CT molecular complexity index is 409. The number of nitrogens with zero attached hydrogens (tertiary/aromatic N) is 1. The lowest BCUT2D eigenvalue weighted by Crippen LogP contribution is -2.38. The molecule has 0 spiro atoms. The van der Waals surface area contributed by atoms with E-state index in [4.69, 9.17) is 0 Å². The summed E-state index contributed by atoms with van der Waals surface area (Å²) in [5, 5.41) is 22.9. The Hall–Kier alpha value is -1.26. The highest BCUT2D eigenvalue weighted by molar-refractivity contribution is 5.54. The smallest absolute Gasteiger partial charge is 0.122 e. The molecule has 1 saturated heterocycles. The predicted molar refractivity (Wildman–Crippen MR) is 73.0 cm³/mol. The highest BCUT2D eigenvalue weighted by Crippen LogP contribution is 2.30. The van der Waals surface area contributed by atoms with Gasteiger partial charge in [0.1, 0.15) is 5.75 Å². The van der Waals surface area contributed by atoms with Crippen molar-refractivity contribution in [1.29, 1.82) is 0 Å². The molecule has 1 fully saturated rings. The van der Waals surface area contributed by atoms with E-state index in [0.29, 0.717) is 12.3 Å². The molecule has 2 atom stereocenters. The molecule has 18 heavy (non-hydrogen) atoms. The van der Waals surface area contributed by atoms with Crippen molar-refractivity contribution in [2.24, 2.45) is 0 Å². The number of aliphatic hydroxyl groups excluding tert-OH is 1. The van der Waals surface area contributed by atoms with Gasteiger partial charge in [0, 0.05) is 36.4 Å². The number of β-amino-alcohol motifs (C(OH)–C–C–N with tert-alkyl or cyclic N) is 1. The van der Waals surface area contributed by atoms with E-state index in [2.05, 4.69) is 10.2 Å². The molecule has 0 radical (unpaired) electrons. The Labute approximate surface area is 108 Å². The van der Waals surface area contributed by atoms with Crippen LogP contribution in [0.25, 0.3) is 0 Å². The number of rotatable bonds is 3. The molecule has 1 aliphatic heterocycles. The molecule has 4 nitrogen and oxygen atoms in total. The predicted octanol–water partition coefficient (Wildman–Crippen LogP) is 1.63. The summed E-state index contributed by atoms with van der Waals surface area (Å²) in [4.78, 5) is 2.13. The van der Waals surface area contributed by atoms with Gasteiger partial charge in [-0.05, 0) is 32.9 Å². The summed E-state index contributed by atoms with van der Waals surface area (Å²) < 4.78 is 0. The Balaban J connectivity index is 2.17. The third-order valence-corrected chi connectivity index (χ3v) is 3.68. The van der Waals surface area contributed by atoms with Gasteiger partial charge in [-0.15, -0.1) is 0 Å². The van der Waals surface area contributed by atoms with Gasteiger partial charge in [0.05, 0.1) is 6.10 Å². The lowest BCUT2D eigenvalue weighted by molar-refractivity contribution is 0.154. The highest BCUT2D eigenvalue weighted by atomic mass is 16.3. The minimum atomic E-state index is -0.253. The van der Waals surface area contributed by atoms with Crippen LogP contribution in [0.2, 0.25) is 0 Å². The molecule has 0 aromatic heterocycles. The summed E-state index contributed by atoms with van der Waals surface area (Å²) in [7, 11) is 1.87. The van der Waals surface area contributed by atoms with Crippen molar-refractivity contribution in [3.05, 3.63) is 23.8 Å². The maximum atomic E-state index is 10.1. The van der Waals surface area contributed by atoms with Crippen LogP contribution in [-0.2, 0) is 0 Å². The second kappa shape index (κ2) is 5.59. The van der Waals surface area contributed by atoms with Crippen LogP contribution in [0.1, 0.15) is 31.4 Å². The van der Waals surface area contributed by atoms with Gasteiger partial charge in [-0.3, -0.25) is 0 Å². The molecule has 2 unspecified atom stereocenters. The fraction of sp³-hybridized carbons (Fsp3) is 0.571. The minimum Gasteiger partial charge on any atom is -0.508 e. The van der Waals surface area contributed by atoms with Gasteiger partial charge >= 0.3 is 0 Å². The van der Waals surface area contributed by atoms with E-state index < -0.39 is 0 Å². The van der Waals surface area contributed by atoms with Crippen LogP contribution in [0.5, 0.6) is 5.75 Å². The van der Waals surface area contributed by atoms with E-state index in [0.717, 1.165) is 30.6 Å². The second-order valence-corrected chi connectivity index (χ2v) is 5.00. The zero-order valence-electron chi connectivity index (χ0n) is 11.1. The fourth-order valence-electron chi connectivity index (χ4n) is 2.44. The van der Waals surface area contributed by atoms with E-state index in [1.807, 2.05) is 26.1 Å². The molecule has 0 saturated carbocycles. The molecule has 4 heteroatoms. The number of hydrogen-bond acceptors (Lipinski definition) is 4. The number of hydrogen-bond donors (Lipinski definition) is 3. The van der Waals surface area contributed by atoms with Crippen LogP contribution < -0.4 is 10.2 Å². The molecule has 100 valence electrons. The van der Waals surface area contributed by atoms with Crippen LogP contribution in [0.4, 0.5) is 5.69 Å². The average Bonchev–Trinajstić information content (AvgIpc) is 2.37. The maximum Gasteiger partial charge on any atom is 0.122 e. The summed E-state index contributed by atoms with van der Waals surface area (Å²) in [6, 6.07) is 5.89. The van der Waals surface area contributed by atoms with Gasteiger partial charge in [-0.1, -0.05) is 6.07 Å². The average molecular weight is 250 g/mol. The van der Waals surface area contributed by atoms with Crippen molar-refractivity contribution in [3.63, 3.8) is 0 Å². The molecule has 1 aromatic carbocycles. The summed E-state index contributed by atoms with van der Waals surface area (Å²) in [6.45, 7) is 3.61. The number of anilines is 1. The lowest BCUT2D eigenvalue weighted by Gasteiger charge is -2.32. The Morgan fingerprint density at radius 2 is 2.22 bits per heavy atom. The first-order valence-electron chi connectivity index (χ1n) is 6.55. The first kappa shape index (κ1) is 13.2. The third-order valence-electron chi connectivity index (χ3n) is 3.68. The van der Waals surface area contributed by atoms with Crippen molar-refractivity contribution in [1.82, 2.24) is 5.32 Å². The van der Waals surface area contributed by atoms with Crippen molar-refractivity contribution >= 4 is 5.69 Å². The SMILES string of the molecule is CNC(C)c1ccc(N2CCCC(O)C2)cc1O. The van der Waals surface area contributed by atoms with E-state index in [-0.39, 0.29) is 12.1 Å². The summed E-state index contributed by atoms with van der Waals surface area (Å²) >= 11 is 0. The normalized spacial score (nSPS) is 21.9. The third kappa shape index (κ3) is 2.76. The van der Waals surface area contributed by atoms with E-state index >= 15 is 0 Å². The van der Waals surface area contributed by atoms with Gasteiger partial charge in [0.15, 0.2) is 0 Å². The zero-order chi connectivity index (χ0) is 13.1. The zero-order valence-corrected chi connectivity index (χ0v) is 11.1. The number of aliphatic hydroxyl groups is 1. The fourth-order valence-corrected chi connectivity index (χ4v) is 2.44. The van der Waals surface area contributed by atoms with Crippen molar-refractivity contribution in [3.8, 4) is 5.75 Å². The molecule has 1 heterocycles. The van der Waals surface area contributed by atoms with E-state index in [1.165, 1.54) is 0 Å². The Morgan fingerprint density at radius 3 is 2.83 bits per heavy atom. The maximum absolute atomic E-state index is 10.1. The Kier molecular flexibility index (Phi) is 4.09. The van der Waals surface area contributed by atoms with E-state index in [9.17, 15) is 10.2 Å². The second-order valence-electron chi connectivity index (χ2n) is 5.00. The van der Waals surface area contributed by atoms with Gasteiger partial charge < -0.3 is 20.4 Å². The van der Waals surface area contributed by atoms with Crippen molar-refractivity contribution in [2.75, 3.05) is 25.0 Å². The summed E-state index contributed by atoms with van der Waals surface area (Å²) in [5.41, 5.74) is 1.89. The number of aromatic hydroxyl groups is 1. The number of benzene rings is 1. The van der Waals surface area contributed by atoms with Crippen LogP contribution >= 0.6 is 0 Å². The molecule has 1 aliphatic rings. The molecular weight excluding hydrogens is 228 g/mol. The standard InChI is InChI=1S/C14H22N2O2/c1-10(15-2)13-6-5-11(8-14(13)18)16-7-3-4-12(17)9-16/h5-6,8,10,12,15,17-18H,3-4,7,9H2,1-2H3. The largest absolute Gasteiger partial charge is 0.508 e. The molecule has 0 aliphatic carbocycles. The minimum absolute atomic E-state index is 0.131. The van der Waals surface area contributed by atoms with Gasteiger partial charge in [-0.2, -0.15) is 0 Å². The van der Waals surface area contributed by atoms with Crippen molar-refractivity contribution < 1.29 is 10.2 Å². The van der Waals surface area contributed by atoms with Crippen LogP contribution in [0.15, 0.2) is 18.2 Å². The topological polar surface area (TPSA) is 55.7 Å². The highest BCUT2D eigenvalue weighted by Gasteiger charge is 2.19. The molecule has 0 bridgehead atoms. The molecule has 3 N–H and O–H groups in total. The monoisotopic (exact) mass is 250 g/mol. The lowest BCUT2D eigenvalue weighted by atomic mass is 10.0. The molecule has 2 rings (SSSR count). The summed E-state index contributed by atoms with van der Waals surface area (Å²) in [5.74, 6) is 0.314. The quantitative estimate of drug-likeness (QED) is 0.763. The first-order valence-corrected chi connectivity index (χ1v) is 6.55. The number of piperidine rings is 1. The van der Waals surface area contributed by atoms with Crippen molar-refractivity contribution in [2.45, 2.75) is 31.9 Å². The number of phenolic OH excluding ortho intramolecular Hbond substituents is 1. The first-order chi connectivity index (χ1) is 8.61. The van der Waals surface area contributed by atoms with Gasteiger partial charge in [-0.25, -0.2) is 0 Å². The number of phenols is 1. The number of nitrogens with one attached hydrogen (secondary N) is 1. The van der Waals surface area contributed by atoms with Gasteiger partial charge in [0.25, 0.3) is 0 Å². The molecule has 0 amide bonds. The van der Waals surface area contributed by atoms with Crippen LogP contribution in [0, 0.1) is 0 Å². The molecular formula is C14H22N2O2. The van der Waals surface area contributed by atoms with Gasteiger partial charge in [0.2, 0.25) is 0 Å². The Morgan fingerprint density at radius 1 is 1.44 bits per heavy atom. The van der Waals surface area contributed by atoms with Crippen LogP contribution in [-0.4, -0.2) is 36.5 Å². The van der Waals surface area contributed by atoms with E-state index in [1.54, 1.807) is 6.07 Å². The van der Waals surface area contributed by atoms with Crippen LogP contribution in [0.3, 0.4) is 0 Å². The molecule has 1 aromatic rings. The summed E-state index contributed by atoms with van der Waals surface area (Å²) in [6.07, 6.45) is 1.62.